The molecule has 1 aliphatic heterocycles. The summed E-state index contributed by atoms with van der Waals surface area (Å²) < 4.78 is 26.2. The number of halogens is 2. The fourth-order valence-corrected chi connectivity index (χ4v) is 3.03. The molecule has 0 spiro atoms. The average molecular weight is 297 g/mol. The minimum Gasteiger partial charge on any atom is -0.342 e. The number of hydrogen-bond acceptors (Lipinski definition) is 3. The van der Waals surface area contributed by atoms with Gasteiger partial charge in [-0.05, 0) is 12.8 Å². The third-order valence-electron chi connectivity index (χ3n) is 3.29. The van der Waals surface area contributed by atoms with E-state index in [0.29, 0.717) is 16.2 Å². The van der Waals surface area contributed by atoms with Gasteiger partial charge in [0.2, 0.25) is 5.91 Å². The number of thioether (sulfide) groups is 1. The summed E-state index contributed by atoms with van der Waals surface area (Å²) in [5, 5.41) is 0.498. The number of hydrogen-bond donors (Lipinski definition) is 1. The van der Waals surface area contributed by atoms with Gasteiger partial charge in [0.15, 0.2) is 16.8 Å². The Morgan fingerprint density at radius 2 is 2.00 bits per heavy atom. The maximum Gasteiger partial charge on any atom is 0.233 e. The van der Waals surface area contributed by atoms with Gasteiger partial charge in [0, 0.05) is 25.2 Å². The Hall–Kier alpha value is -1.63. The van der Waals surface area contributed by atoms with Crippen LogP contribution in [0.1, 0.15) is 12.8 Å². The van der Waals surface area contributed by atoms with Crippen LogP contribution >= 0.6 is 11.8 Å². The van der Waals surface area contributed by atoms with Crippen molar-refractivity contribution in [3.8, 4) is 0 Å². The van der Waals surface area contributed by atoms with Gasteiger partial charge in [0.25, 0.3) is 0 Å². The predicted octanol–water partition coefficient (Wildman–Crippen LogP) is 2.56. The molecule has 106 valence electrons. The van der Waals surface area contributed by atoms with Gasteiger partial charge < -0.3 is 9.88 Å². The highest BCUT2D eigenvalue weighted by atomic mass is 32.2. The third kappa shape index (κ3) is 2.63. The molecule has 1 aliphatic rings. The molecule has 1 saturated heterocycles. The van der Waals surface area contributed by atoms with Crippen LogP contribution in [0.2, 0.25) is 0 Å². The van der Waals surface area contributed by atoms with E-state index >= 15 is 0 Å². The summed E-state index contributed by atoms with van der Waals surface area (Å²) in [6.45, 7) is 1.63. The van der Waals surface area contributed by atoms with Crippen LogP contribution in [-0.2, 0) is 4.79 Å². The van der Waals surface area contributed by atoms with E-state index in [1.807, 2.05) is 4.90 Å². The highest BCUT2D eigenvalue weighted by Gasteiger charge is 2.18. The molecule has 0 aliphatic carbocycles. The van der Waals surface area contributed by atoms with Crippen molar-refractivity contribution >= 4 is 28.7 Å². The van der Waals surface area contributed by atoms with E-state index in [1.165, 1.54) is 11.8 Å². The number of likely N-dealkylation sites (tertiary alicyclic amines) is 1. The van der Waals surface area contributed by atoms with Gasteiger partial charge in [-0.25, -0.2) is 13.8 Å². The predicted molar refractivity (Wildman–Crippen MR) is 72.5 cm³/mol. The molecule has 1 fully saturated rings. The Morgan fingerprint density at radius 3 is 2.75 bits per heavy atom. The lowest BCUT2D eigenvalue weighted by molar-refractivity contribution is -0.127. The van der Waals surface area contributed by atoms with Gasteiger partial charge in [-0.2, -0.15) is 0 Å². The largest absolute Gasteiger partial charge is 0.342 e. The van der Waals surface area contributed by atoms with Crippen LogP contribution < -0.4 is 0 Å². The van der Waals surface area contributed by atoms with Gasteiger partial charge in [-0.1, -0.05) is 11.8 Å². The first-order valence-electron chi connectivity index (χ1n) is 6.39. The summed E-state index contributed by atoms with van der Waals surface area (Å²) >= 11 is 1.25. The maximum atomic E-state index is 13.1. The van der Waals surface area contributed by atoms with Gasteiger partial charge in [0.1, 0.15) is 0 Å². The number of amides is 1. The van der Waals surface area contributed by atoms with Crippen molar-refractivity contribution in [3.05, 3.63) is 23.8 Å². The van der Waals surface area contributed by atoms with Gasteiger partial charge in [-0.15, -0.1) is 0 Å². The van der Waals surface area contributed by atoms with E-state index < -0.39 is 11.6 Å². The fraction of sp³-hybridized carbons (Fsp3) is 0.385. The minimum absolute atomic E-state index is 0.0744. The van der Waals surface area contributed by atoms with Crippen LogP contribution in [0.4, 0.5) is 8.78 Å². The van der Waals surface area contributed by atoms with Gasteiger partial charge in [0.05, 0.1) is 16.8 Å². The molecule has 3 rings (SSSR count). The van der Waals surface area contributed by atoms with Crippen molar-refractivity contribution in [2.45, 2.75) is 18.0 Å². The van der Waals surface area contributed by atoms with Crippen molar-refractivity contribution in [2.24, 2.45) is 0 Å². The second-order valence-electron chi connectivity index (χ2n) is 4.70. The lowest BCUT2D eigenvalue weighted by atomic mass is 10.3. The van der Waals surface area contributed by atoms with Crippen molar-refractivity contribution in [1.82, 2.24) is 14.9 Å². The zero-order valence-electron chi connectivity index (χ0n) is 10.7. The van der Waals surface area contributed by atoms with E-state index in [-0.39, 0.29) is 11.7 Å². The van der Waals surface area contributed by atoms with Crippen LogP contribution in [0.25, 0.3) is 11.0 Å². The number of nitrogens with one attached hydrogen (secondary N) is 1. The third-order valence-corrected chi connectivity index (χ3v) is 4.15. The standard InChI is InChI=1S/C13H13F2N3OS/c14-8-5-10-11(6-9(8)15)17-13(16-10)20-7-12(19)18-3-1-2-4-18/h5-6H,1-4,7H2,(H,16,17). The second kappa shape index (κ2) is 5.40. The Kier molecular flexibility index (Phi) is 3.60. The van der Waals surface area contributed by atoms with Crippen molar-refractivity contribution in [1.29, 1.82) is 0 Å². The smallest absolute Gasteiger partial charge is 0.233 e. The van der Waals surface area contributed by atoms with E-state index in [2.05, 4.69) is 9.97 Å². The Bertz CT molecular complexity index is 613. The van der Waals surface area contributed by atoms with Crippen LogP contribution in [-0.4, -0.2) is 39.6 Å². The van der Waals surface area contributed by atoms with E-state index in [9.17, 15) is 13.6 Å². The first-order valence-corrected chi connectivity index (χ1v) is 7.37. The summed E-state index contributed by atoms with van der Waals surface area (Å²) in [6, 6.07) is 2.12. The van der Waals surface area contributed by atoms with Crippen LogP contribution in [0, 0.1) is 11.6 Å². The lowest BCUT2D eigenvalue weighted by Gasteiger charge is -2.13. The summed E-state index contributed by atoms with van der Waals surface area (Å²) in [5.41, 5.74) is 0.792. The number of carbonyl (C=O) groups is 1. The lowest BCUT2D eigenvalue weighted by Crippen LogP contribution is -2.29. The Balaban J connectivity index is 1.69. The molecule has 4 nitrogen and oxygen atoms in total. The molecule has 0 radical (unpaired) electrons. The number of aromatic amines is 1. The monoisotopic (exact) mass is 297 g/mol. The molecule has 0 unspecified atom stereocenters. The maximum absolute atomic E-state index is 13.1. The molecule has 20 heavy (non-hydrogen) atoms. The number of nitrogens with zero attached hydrogens (tertiary/aromatic N) is 2. The molecular formula is C13H13F2N3OS. The Labute approximate surface area is 118 Å². The molecule has 0 atom stereocenters. The van der Waals surface area contributed by atoms with Gasteiger partial charge in [-0.3, -0.25) is 4.79 Å². The molecule has 2 aromatic rings. The normalized spacial score (nSPS) is 15.2. The zero-order valence-corrected chi connectivity index (χ0v) is 11.5. The molecule has 0 saturated carbocycles. The number of H-pyrrole nitrogens is 1. The molecular weight excluding hydrogens is 284 g/mol. The van der Waals surface area contributed by atoms with Crippen LogP contribution in [0.3, 0.4) is 0 Å². The first kappa shape index (κ1) is 13.4. The quantitative estimate of drug-likeness (QED) is 0.886. The number of imidazole rings is 1. The SMILES string of the molecule is O=C(CSc1nc2cc(F)c(F)cc2[nH]1)N1CCCC1. The van der Waals surface area contributed by atoms with Gasteiger partial charge >= 0.3 is 0 Å². The molecule has 1 amide bonds. The molecule has 7 heteroatoms. The number of rotatable bonds is 3. The van der Waals surface area contributed by atoms with Crippen LogP contribution in [0.15, 0.2) is 17.3 Å². The molecule has 1 aromatic carbocycles. The number of fused-ring (bicyclic) bond motifs is 1. The zero-order chi connectivity index (χ0) is 14.1. The summed E-state index contributed by atoms with van der Waals surface area (Å²) in [4.78, 5) is 20.7. The first-order chi connectivity index (χ1) is 9.63. The number of carbonyl (C=O) groups excluding carboxylic acids is 1. The van der Waals surface area contributed by atoms with Crippen molar-refractivity contribution < 1.29 is 13.6 Å². The summed E-state index contributed by atoms with van der Waals surface area (Å²) in [7, 11) is 0. The fourth-order valence-electron chi connectivity index (χ4n) is 2.24. The van der Waals surface area contributed by atoms with Crippen molar-refractivity contribution in [3.63, 3.8) is 0 Å². The van der Waals surface area contributed by atoms with E-state index in [1.54, 1.807) is 0 Å². The molecule has 1 N–H and O–H groups in total. The summed E-state index contributed by atoms with van der Waals surface area (Å²) in [6.07, 6.45) is 2.11. The second-order valence-corrected chi connectivity index (χ2v) is 5.67. The van der Waals surface area contributed by atoms with Crippen LogP contribution in [0.5, 0.6) is 0 Å². The van der Waals surface area contributed by atoms with E-state index in [4.69, 9.17) is 0 Å². The van der Waals surface area contributed by atoms with Crippen molar-refractivity contribution in [2.75, 3.05) is 18.8 Å². The Morgan fingerprint density at radius 1 is 1.30 bits per heavy atom. The highest BCUT2D eigenvalue weighted by Crippen LogP contribution is 2.22. The van der Waals surface area contributed by atoms with E-state index in [0.717, 1.165) is 38.1 Å². The summed E-state index contributed by atoms with van der Waals surface area (Å²) in [5.74, 6) is -1.48. The molecule has 1 aromatic heterocycles. The number of aromatic nitrogens is 2. The molecule has 2 heterocycles. The average Bonchev–Trinajstić information content (AvgIpc) is 3.05. The molecule has 0 bridgehead atoms. The topological polar surface area (TPSA) is 49.0 Å². The highest BCUT2D eigenvalue weighted by molar-refractivity contribution is 7.99. The number of benzene rings is 1. The minimum atomic E-state index is -0.923.